The molecule has 1 amide bonds. The highest BCUT2D eigenvalue weighted by atomic mass is 35.5. The van der Waals surface area contributed by atoms with Gasteiger partial charge in [-0.25, -0.2) is 0 Å². The Morgan fingerprint density at radius 3 is 2.76 bits per heavy atom. The van der Waals surface area contributed by atoms with Gasteiger partial charge in [0.15, 0.2) is 5.82 Å². The SMILES string of the molecule is Cc1noc(-c2cccc(=O)n2CC(=O)NCc2ccccc2Cl)n1. The van der Waals surface area contributed by atoms with Crippen molar-refractivity contribution in [2.75, 3.05) is 0 Å². The van der Waals surface area contributed by atoms with E-state index in [9.17, 15) is 9.59 Å². The maximum Gasteiger partial charge on any atom is 0.274 e. The third-order valence-corrected chi connectivity index (χ3v) is 3.90. The van der Waals surface area contributed by atoms with Crippen molar-refractivity contribution >= 4 is 17.5 Å². The van der Waals surface area contributed by atoms with Crippen LogP contribution in [0.15, 0.2) is 51.8 Å². The number of halogens is 1. The molecule has 1 N–H and O–H groups in total. The molecule has 3 rings (SSSR count). The van der Waals surface area contributed by atoms with Crippen LogP contribution in [0.4, 0.5) is 0 Å². The Morgan fingerprint density at radius 1 is 1.24 bits per heavy atom. The second-order valence-electron chi connectivity index (χ2n) is 5.35. The number of carbonyl (C=O) groups is 1. The Bertz CT molecular complexity index is 964. The van der Waals surface area contributed by atoms with Crippen molar-refractivity contribution in [3.63, 3.8) is 0 Å². The van der Waals surface area contributed by atoms with Crippen LogP contribution in [0.5, 0.6) is 0 Å². The molecule has 3 aromatic rings. The molecule has 0 saturated heterocycles. The lowest BCUT2D eigenvalue weighted by molar-refractivity contribution is -0.121. The highest BCUT2D eigenvalue weighted by Crippen LogP contribution is 2.16. The molecule has 8 heteroatoms. The van der Waals surface area contributed by atoms with Crippen LogP contribution < -0.4 is 10.9 Å². The van der Waals surface area contributed by atoms with E-state index in [1.165, 1.54) is 10.6 Å². The number of aryl methyl sites for hydroxylation is 1. The maximum atomic E-state index is 12.3. The number of carbonyl (C=O) groups excluding carboxylic acids is 1. The fourth-order valence-corrected chi connectivity index (χ4v) is 2.51. The topological polar surface area (TPSA) is 90.0 Å². The number of rotatable bonds is 5. The van der Waals surface area contributed by atoms with Crippen LogP contribution in [-0.2, 0) is 17.9 Å². The Hall–Kier alpha value is -2.93. The third-order valence-electron chi connectivity index (χ3n) is 3.53. The highest BCUT2D eigenvalue weighted by molar-refractivity contribution is 6.31. The molecule has 0 aliphatic carbocycles. The van der Waals surface area contributed by atoms with Gasteiger partial charge in [-0.3, -0.25) is 14.2 Å². The fraction of sp³-hybridized carbons (Fsp3) is 0.176. The minimum atomic E-state index is -0.332. The maximum absolute atomic E-state index is 12.3. The van der Waals surface area contributed by atoms with Gasteiger partial charge in [-0.2, -0.15) is 4.98 Å². The number of nitrogens with zero attached hydrogens (tertiary/aromatic N) is 3. The first-order valence-electron chi connectivity index (χ1n) is 7.55. The zero-order valence-corrected chi connectivity index (χ0v) is 14.2. The van der Waals surface area contributed by atoms with E-state index >= 15 is 0 Å². The van der Waals surface area contributed by atoms with Gasteiger partial charge in [-0.15, -0.1) is 0 Å². The van der Waals surface area contributed by atoms with Gasteiger partial charge in [0.1, 0.15) is 12.2 Å². The predicted molar refractivity (Wildman–Crippen MR) is 92.0 cm³/mol. The van der Waals surface area contributed by atoms with Crippen LogP contribution in [0.1, 0.15) is 11.4 Å². The number of nitrogens with one attached hydrogen (secondary N) is 1. The lowest BCUT2D eigenvalue weighted by atomic mass is 10.2. The van der Waals surface area contributed by atoms with Crippen LogP contribution in [0.2, 0.25) is 5.02 Å². The number of aromatic nitrogens is 3. The average molecular weight is 359 g/mol. The Kier molecular flexibility index (Phi) is 4.95. The number of benzene rings is 1. The second kappa shape index (κ2) is 7.31. The van der Waals surface area contributed by atoms with Crippen molar-refractivity contribution in [1.29, 1.82) is 0 Å². The van der Waals surface area contributed by atoms with Crippen LogP contribution >= 0.6 is 11.6 Å². The Balaban J connectivity index is 1.77. The van der Waals surface area contributed by atoms with Gasteiger partial charge >= 0.3 is 0 Å². The molecule has 0 fully saturated rings. The van der Waals surface area contributed by atoms with Crippen LogP contribution in [0.3, 0.4) is 0 Å². The van der Waals surface area contributed by atoms with E-state index in [2.05, 4.69) is 15.5 Å². The van der Waals surface area contributed by atoms with Gasteiger partial charge in [0.25, 0.3) is 11.4 Å². The summed E-state index contributed by atoms with van der Waals surface area (Å²) in [6.07, 6.45) is 0. The molecule has 0 radical (unpaired) electrons. The molecule has 0 atom stereocenters. The number of amides is 1. The zero-order chi connectivity index (χ0) is 17.8. The van der Waals surface area contributed by atoms with E-state index in [4.69, 9.17) is 16.1 Å². The van der Waals surface area contributed by atoms with E-state index in [1.54, 1.807) is 25.1 Å². The summed E-state index contributed by atoms with van der Waals surface area (Å²) in [5, 5.41) is 7.03. The summed E-state index contributed by atoms with van der Waals surface area (Å²) in [7, 11) is 0. The fourth-order valence-electron chi connectivity index (χ4n) is 2.31. The van der Waals surface area contributed by atoms with Crippen LogP contribution in [0, 0.1) is 6.92 Å². The molecule has 2 aromatic heterocycles. The summed E-state index contributed by atoms with van der Waals surface area (Å²) < 4.78 is 6.39. The van der Waals surface area contributed by atoms with Crippen molar-refractivity contribution in [3.8, 4) is 11.6 Å². The average Bonchev–Trinajstić information content (AvgIpc) is 3.02. The van der Waals surface area contributed by atoms with Gasteiger partial charge in [0, 0.05) is 17.6 Å². The molecule has 2 heterocycles. The summed E-state index contributed by atoms with van der Waals surface area (Å²) in [4.78, 5) is 28.5. The standard InChI is InChI=1S/C17H15ClN4O3/c1-11-20-17(25-21-11)14-7-4-8-16(24)22(14)10-15(23)19-9-12-5-2-3-6-13(12)18/h2-8H,9-10H2,1H3,(H,19,23). The van der Waals surface area contributed by atoms with Gasteiger partial charge < -0.3 is 9.84 Å². The minimum Gasteiger partial charge on any atom is -0.350 e. The summed E-state index contributed by atoms with van der Waals surface area (Å²) in [6.45, 7) is 1.78. The summed E-state index contributed by atoms with van der Waals surface area (Å²) >= 11 is 6.07. The quantitative estimate of drug-likeness (QED) is 0.755. The normalized spacial score (nSPS) is 10.6. The molecular formula is C17H15ClN4O3. The van der Waals surface area contributed by atoms with E-state index < -0.39 is 0 Å². The largest absolute Gasteiger partial charge is 0.350 e. The molecule has 0 bridgehead atoms. The van der Waals surface area contributed by atoms with Crippen molar-refractivity contribution in [1.82, 2.24) is 20.0 Å². The molecule has 7 nitrogen and oxygen atoms in total. The molecule has 25 heavy (non-hydrogen) atoms. The molecule has 0 aliphatic heterocycles. The third kappa shape index (κ3) is 3.95. The minimum absolute atomic E-state index is 0.166. The monoisotopic (exact) mass is 358 g/mol. The molecule has 0 spiro atoms. The molecule has 0 unspecified atom stereocenters. The van der Waals surface area contributed by atoms with Gasteiger partial charge in [-0.1, -0.05) is 41.0 Å². The van der Waals surface area contributed by atoms with E-state index in [0.717, 1.165) is 5.56 Å². The van der Waals surface area contributed by atoms with Gasteiger partial charge in [0.05, 0.1) is 0 Å². The first-order valence-corrected chi connectivity index (χ1v) is 7.93. The van der Waals surface area contributed by atoms with E-state index in [1.807, 2.05) is 18.2 Å². The summed E-state index contributed by atoms with van der Waals surface area (Å²) in [5.74, 6) is 0.306. The first-order chi connectivity index (χ1) is 12.0. The lowest BCUT2D eigenvalue weighted by Crippen LogP contribution is -2.32. The number of pyridine rings is 1. The second-order valence-corrected chi connectivity index (χ2v) is 5.76. The predicted octanol–water partition coefficient (Wildman–Crippen LogP) is 2.18. The smallest absolute Gasteiger partial charge is 0.274 e. The van der Waals surface area contributed by atoms with Crippen molar-refractivity contribution in [3.05, 3.63) is 69.2 Å². The molecule has 1 aromatic carbocycles. The zero-order valence-electron chi connectivity index (χ0n) is 13.4. The molecule has 128 valence electrons. The molecule has 0 saturated carbocycles. The lowest BCUT2D eigenvalue weighted by Gasteiger charge is -2.11. The Morgan fingerprint density at radius 2 is 2.04 bits per heavy atom. The van der Waals surface area contributed by atoms with Crippen LogP contribution in [0.25, 0.3) is 11.6 Å². The van der Waals surface area contributed by atoms with E-state index in [-0.39, 0.29) is 30.4 Å². The number of hydrogen-bond acceptors (Lipinski definition) is 5. The summed E-state index contributed by atoms with van der Waals surface area (Å²) in [5.41, 5.74) is 0.855. The summed E-state index contributed by atoms with van der Waals surface area (Å²) in [6, 6.07) is 11.8. The van der Waals surface area contributed by atoms with Crippen molar-refractivity contribution in [2.45, 2.75) is 20.0 Å². The van der Waals surface area contributed by atoms with Crippen molar-refractivity contribution < 1.29 is 9.32 Å². The molecular weight excluding hydrogens is 344 g/mol. The highest BCUT2D eigenvalue weighted by Gasteiger charge is 2.15. The van der Waals surface area contributed by atoms with Gasteiger partial charge in [0.2, 0.25) is 5.91 Å². The van der Waals surface area contributed by atoms with E-state index in [0.29, 0.717) is 16.5 Å². The van der Waals surface area contributed by atoms with Gasteiger partial charge in [-0.05, 0) is 24.6 Å². The number of hydrogen-bond donors (Lipinski definition) is 1. The molecule has 0 aliphatic rings. The Labute approximate surface area is 148 Å². The van der Waals surface area contributed by atoms with Crippen molar-refractivity contribution in [2.24, 2.45) is 0 Å². The van der Waals surface area contributed by atoms with Crippen LogP contribution in [-0.4, -0.2) is 20.6 Å². The first kappa shape index (κ1) is 16.9.